The quantitative estimate of drug-likeness (QED) is 0.387. The molecule has 4 heterocycles. The molecule has 0 unspecified atom stereocenters. The van der Waals surface area contributed by atoms with Crippen LogP contribution in [0.15, 0.2) is 36.5 Å². The molecule has 1 saturated heterocycles. The van der Waals surface area contributed by atoms with Crippen molar-refractivity contribution in [3.05, 3.63) is 47.9 Å². The molecule has 34 heavy (non-hydrogen) atoms. The first kappa shape index (κ1) is 22.3. The van der Waals surface area contributed by atoms with Crippen molar-refractivity contribution in [3.8, 4) is 10.6 Å². The summed E-state index contributed by atoms with van der Waals surface area (Å²) in [6.07, 6.45) is 1.74. The molecule has 4 aromatic rings. The molecule has 0 aliphatic carbocycles. The van der Waals surface area contributed by atoms with E-state index in [2.05, 4.69) is 42.4 Å². The number of thiazole rings is 1. The molecule has 1 fully saturated rings. The Labute approximate surface area is 202 Å². The first-order valence-corrected chi connectivity index (χ1v) is 12.3. The SMILES string of the molecule is CCN1CCN(C(=O)c2cc3cc(Nc4nccc(-c5sc(NC)nc5C)n4)ccc3[nH]2)CC1. The third kappa shape index (κ3) is 4.46. The summed E-state index contributed by atoms with van der Waals surface area (Å²) in [5.41, 5.74) is 4.16. The van der Waals surface area contributed by atoms with Crippen LogP contribution >= 0.6 is 11.3 Å². The monoisotopic (exact) mass is 476 g/mol. The van der Waals surface area contributed by atoms with Crippen molar-refractivity contribution in [1.82, 2.24) is 29.7 Å². The zero-order chi connectivity index (χ0) is 23.7. The molecule has 176 valence electrons. The Hall–Kier alpha value is -3.50. The average Bonchev–Trinajstić information content (AvgIpc) is 3.46. The lowest BCUT2D eigenvalue weighted by Gasteiger charge is -2.33. The fourth-order valence-electron chi connectivity index (χ4n) is 4.18. The predicted molar refractivity (Wildman–Crippen MR) is 137 cm³/mol. The minimum absolute atomic E-state index is 0.0540. The van der Waals surface area contributed by atoms with Crippen molar-refractivity contribution < 1.29 is 4.79 Å². The topological polar surface area (TPSA) is 102 Å². The van der Waals surface area contributed by atoms with E-state index < -0.39 is 0 Å². The number of hydrogen-bond acceptors (Lipinski definition) is 8. The lowest BCUT2D eigenvalue weighted by atomic mass is 10.2. The highest BCUT2D eigenvalue weighted by Gasteiger charge is 2.22. The Bertz CT molecular complexity index is 1320. The molecular weight excluding hydrogens is 448 g/mol. The maximum Gasteiger partial charge on any atom is 0.270 e. The van der Waals surface area contributed by atoms with E-state index in [1.807, 2.05) is 49.2 Å². The first-order valence-electron chi connectivity index (χ1n) is 11.4. The van der Waals surface area contributed by atoms with Crippen LogP contribution in [0.3, 0.4) is 0 Å². The van der Waals surface area contributed by atoms with Gasteiger partial charge in [-0.1, -0.05) is 18.3 Å². The lowest BCUT2D eigenvalue weighted by molar-refractivity contribution is 0.0638. The van der Waals surface area contributed by atoms with Crippen molar-refractivity contribution in [2.75, 3.05) is 50.4 Å². The average molecular weight is 477 g/mol. The van der Waals surface area contributed by atoms with Gasteiger partial charge in [0.05, 0.1) is 16.3 Å². The summed E-state index contributed by atoms with van der Waals surface area (Å²) in [6, 6.07) is 9.75. The van der Waals surface area contributed by atoms with E-state index in [0.717, 1.165) is 70.7 Å². The second-order valence-corrected chi connectivity index (χ2v) is 9.28. The molecule has 1 aromatic carbocycles. The van der Waals surface area contributed by atoms with Crippen LogP contribution in [-0.2, 0) is 0 Å². The Balaban J connectivity index is 1.33. The van der Waals surface area contributed by atoms with Gasteiger partial charge >= 0.3 is 0 Å². The lowest BCUT2D eigenvalue weighted by Crippen LogP contribution is -2.48. The molecule has 0 spiro atoms. The van der Waals surface area contributed by atoms with Crippen molar-refractivity contribution in [2.24, 2.45) is 0 Å². The maximum atomic E-state index is 13.0. The number of carbonyl (C=O) groups is 1. The van der Waals surface area contributed by atoms with E-state index in [-0.39, 0.29) is 5.91 Å². The van der Waals surface area contributed by atoms with Gasteiger partial charge in [0.15, 0.2) is 5.13 Å². The van der Waals surface area contributed by atoms with Crippen LogP contribution in [0.1, 0.15) is 23.1 Å². The third-order valence-corrected chi connectivity index (χ3v) is 7.31. The summed E-state index contributed by atoms with van der Waals surface area (Å²) in [5, 5.41) is 8.20. The molecule has 1 amide bonds. The van der Waals surface area contributed by atoms with Crippen molar-refractivity contribution in [2.45, 2.75) is 13.8 Å². The van der Waals surface area contributed by atoms with E-state index in [1.165, 1.54) is 0 Å². The first-order chi connectivity index (χ1) is 16.5. The summed E-state index contributed by atoms with van der Waals surface area (Å²) >= 11 is 1.56. The zero-order valence-electron chi connectivity index (χ0n) is 19.6. The number of aryl methyl sites for hydroxylation is 1. The summed E-state index contributed by atoms with van der Waals surface area (Å²) in [7, 11) is 1.86. The van der Waals surface area contributed by atoms with Gasteiger partial charge in [-0.05, 0) is 43.8 Å². The van der Waals surface area contributed by atoms with Crippen LogP contribution < -0.4 is 10.6 Å². The van der Waals surface area contributed by atoms with Crippen LogP contribution in [0.25, 0.3) is 21.5 Å². The van der Waals surface area contributed by atoms with Crippen LogP contribution in [0, 0.1) is 6.92 Å². The highest BCUT2D eigenvalue weighted by atomic mass is 32.1. The number of hydrogen-bond donors (Lipinski definition) is 3. The number of rotatable bonds is 6. The number of aromatic amines is 1. The van der Waals surface area contributed by atoms with Gasteiger partial charge in [0.2, 0.25) is 5.95 Å². The largest absolute Gasteiger partial charge is 0.365 e. The fraction of sp³-hybridized carbons (Fsp3) is 0.333. The highest BCUT2D eigenvalue weighted by Crippen LogP contribution is 2.32. The van der Waals surface area contributed by atoms with Gasteiger partial charge in [-0.2, -0.15) is 0 Å². The number of nitrogens with zero attached hydrogens (tertiary/aromatic N) is 5. The van der Waals surface area contributed by atoms with Crippen LogP contribution in [0.5, 0.6) is 0 Å². The van der Waals surface area contributed by atoms with Crippen molar-refractivity contribution in [3.63, 3.8) is 0 Å². The minimum Gasteiger partial charge on any atom is -0.365 e. The minimum atomic E-state index is 0.0540. The summed E-state index contributed by atoms with van der Waals surface area (Å²) in [5.74, 6) is 0.564. The molecule has 10 heteroatoms. The van der Waals surface area contributed by atoms with Gasteiger partial charge < -0.3 is 25.4 Å². The molecule has 0 atom stereocenters. The van der Waals surface area contributed by atoms with Crippen molar-refractivity contribution in [1.29, 1.82) is 0 Å². The van der Waals surface area contributed by atoms with Crippen LogP contribution in [0.2, 0.25) is 0 Å². The Morgan fingerprint density at radius 2 is 1.97 bits per heavy atom. The Morgan fingerprint density at radius 3 is 2.71 bits per heavy atom. The zero-order valence-corrected chi connectivity index (χ0v) is 20.4. The van der Waals surface area contributed by atoms with Gasteiger partial charge in [0.1, 0.15) is 5.69 Å². The predicted octanol–water partition coefficient (Wildman–Crippen LogP) is 3.95. The molecule has 1 aliphatic rings. The second-order valence-electron chi connectivity index (χ2n) is 8.29. The number of H-pyrrole nitrogens is 1. The van der Waals surface area contributed by atoms with E-state index in [4.69, 9.17) is 0 Å². The summed E-state index contributed by atoms with van der Waals surface area (Å²) in [4.78, 5) is 35.1. The number of anilines is 3. The Morgan fingerprint density at radius 1 is 1.15 bits per heavy atom. The fourth-order valence-corrected chi connectivity index (χ4v) is 5.07. The molecule has 3 N–H and O–H groups in total. The van der Waals surface area contributed by atoms with Gasteiger partial charge in [0.25, 0.3) is 5.91 Å². The molecule has 0 saturated carbocycles. The number of piperazine rings is 1. The normalized spacial score (nSPS) is 14.5. The number of benzene rings is 1. The standard InChI is InChI=1S/C24H28N8OS/c1-4-31-9-11-32(12-10-31)22(33)20-14-16-13-17(5-6-18(16)29-20)28-23-26-8-7-19(30-23)21-15(2)27-24(25-3)34-21/h5-8,13-14,29H,4,9-12H2,1-3H3,(H,25,27)(H,26,28,30). The molecule has 0 bridgehead atoms. The summed E-state index contributed by atoms with van der Waals surface area (Å²) < 4.78 is 0. The van der Waals surface area contributed by atoms with Gasteiger partial charge in [-0.25, -0.2) is 15.0 Å². The van der Waals surface area contributed by atoms with E-state index >= 15 is 0 Å². The third-order valence-electron chi connectivity index (χ3n) is 6.11. The summed E-state index contributed by atoms with van der Waals surface area (Å²) in [6.45, 7) is 8.53. The van der Waals surface area contributed by atoms with E-state index in [9.17, 15) is 4.79 Å². The van der Waals surface area contributed by atoms with Gasteiger partial charge in [-0.15, -0.1) is 0 Å². The Kier molecular flexibility index (Phi) is 6.16. The number of carbonyl (C=O) groups excluding carboxylic acids is 1. The number of aromatic nitrogens is 4. The van der Waals surface area contributed by atoms with Crippen LogP contribution in [0.4, 0.5) is 16.8 Å². The van der Waals surface area contributed by atoms with Crippen molar-refractivity contribution >= 4 is 44.9 Å². The number of likely N-dealkylation sites (N-methyl/N-ethyl adjacent to an activating group) is 1. The smallest absolute Gasteiger partial charge is 0.270 e. The molecule has 0 radical (unpaired) electrons. The number of amides is 1. The second kappa shape index (κ2) is 9.40. The van der Waals surface area contributed by atoms with Crippen LogP contribution in [-0.4, -0.2) is 75.4 Å². The van der Waals surface area contributed by atoms with E-state index in [0.29, 0.717) is 11.6 Å². The van der Waals surface area contributed by atoms with Gasteiger partial charge in [0, 0.05) is 56.0 Å². The molecular formula is C24H28N8OS. The molecule has 3 aromatic heterocycles. The maximum absolute atomic E-state index is 13.0. The molecule has 5 rings (SSSR count). The number of fused-ring (bicyclic) bond motifs is 1. The van der Waals surface area contributed by atoms with E-state index in [1.54, 1.807) is 17.5 Å². The molecule has 9 nitrogen and oxygen atoms in total. The highest BCUT2D eigenvalue weighted by molar-refractivity contribution is 7.19. The molecule has 1 aliphatic heterocycles. The number of nitrogens with one attached hydrogen (secondary N) is 3. The van der Waals surface area contributed by atoms with Gasteiger partial charge in [-0.3, -0.25) is 4.79 Å².